The Morgan fingerprint density at radius 3 is 2.42 bits per heavy atom. The molecule has 126 valence electrons. The Kier molecular flexibility index (Phi) is 3.80. The highest BCUT2D eigenvalue weighted by atomic mass is 16.7. The first-order valence-corrected chi connectivity index (χ1v) is 7.22. The van der Waals surface area contributed by atoms with Gasteiger partial charge in [0.25, 0.3) is 11.8 Å². The molecule has 0 saturated carbocycles. The third-order valence-electron chi connectivity index (χ3n) is 3.95. The molecule has 0 spiro atoms. The largest absolute Gasteiger partial charge is 0.569 e. The minimum absolute atomic E-state index is 0.0248. The molecule has 2 atom stereocenters. The van der Waals surface area contributed by atoms with Crippen molar-refractivity contribution in [2.45, 2.75) is 25.6 Å². The van der Waals surface area contributed by atoms with Crippen LogP contribution in [0, 0.1) is 5.21 Å². The van der Waals surface area contributed by atoms with Gasteiger partial charge in [-0.1, -0.05) is 12.1 Å². The van der Waals surface area contributed by atoms with E-state index in [0.717, 1.165) is 9.91 Å². The lowest BCUT2D eigenvalue weighted by Gasteiger charge is -2.32. The maximum Gasteiger partial charge on any atom is 0.332 e. The molecule has 24 heavy (non-hydrogen) atoms. The number of rotatable bonds is 5. The van der Waals surface area contributed by atoms with E-state index < -0.39 is 30.1 Å². The molecule has 2 aliphatic heterocycles. The lowest BCUT2D eigenvalue weighted by atomic mass is 10.1. The van der Waals surface area contributed by atoms with Crippen LogP contribution in [0.1, 0.15) is 34.1 Å². The second-order valence-electron chi connectivity index (χ2n) is 5.37. The van der Waals surface area contributed by atoms with Gasteiger partial charge in [-0.2, -0.15) is 0 Å². The van der Waals surface area contributed by atoms with Crippen LogP contribution in [0.2, 0.25) is 0 Å². The van der Waals surface area contributed by atoms with Gasteiger partial charge in [-0.05, 0) is 19.1 Å². The molecule has 1 aromatic carbocycles. The number of benzene rings is 1. The van der Waals surface area contributed by atoms with Crippen molar-refractivity contribution >= 4 is 17.8 Å². The number of amides is 2. The van der Waals surface area contributed by atoms with E-state index in [2.05, 4.69) is 5.28 Å². The SMILES string of the molecule is CC(ON=[N+]([O-])N1CC[C@H]1C(=O)O)N1C(=O)c2ccccc2C1=O. The fourth-order valence-electron chi connectivity index (χ4n) is 2.57. The predicted octanol–water partition coefficient (Wildman–Crippen LogP) is 0.597. The van der Waals surface area contributed by atoms with Crippen LogP contribution >= 0.6 is 0 Å². The lowest BCUT2D eigenvalue weighted by molar-refractivity contribution is -0.729. The van der Waals surface area contributed by atoms with Crippen LogP contribution in [0.3, 0.4) is 0 Å². The summed E-state index contributed by atoms with van der Waals surface area (Å²) >= 11 is 0. The molecule has 2 heterocycles. The van der Waals surface area contributed by atoms with E-state index in [0.29, 0.717) is 6.42 Å². The standard InChI is InChI=1S/C14H14N4O6/c1-8(24-15-18(23)16-7-6-11(16)14(21)22)17-12(19)9-4-2-3-5-10(9)13(17)20/h2-5,8,11H,6-7H2,1H3,(H,21,22)/t8?,11-/m0/s1. The van der Waals surface area contributed by atoms with Gasteiger partial charge < -0.3 is 15.2 Å². The number of hydrogen-bond donors (Lipinski definition) is 1. The predicted molar refractivity (Wildman–Crippen MR) is 76.3 cm³/mol. The van der Waals surface area contributed by atoms with E-state index in [4.69, 9.17) is 9.94 Å². The summed E-state index contributed by atoms with van der Waals surface area (Å²) in [5, 5.41) is 24.8. The smallest absolute Gasteiger partial charge is 0.332 e. The molecule has 10 nitrogen and oxygen atoms in total. The van der Waals surface area contributed by atoms with Gasteiger partial charge >= 0.3 is 5.97 Å². The second-order valence-corrected chi connectivity index (χ2v) is 5.37. The minimum Gasteiger partial charge on any atom is -0.569 e. The number of carbonyl (C=O) groups is 3. The molecular formula is C14H14N4O6. The number of aliphatic carboxylic acids is 1. The number of carboxylic acid groups (broad SMARTS) is 1. The van der Waals surface area contributed by atoms with Gasteiger partial charge in [0.2, 0.25) is 11.5 Å². The van der Waals surface area contributed by atoms with E-state index in [-0.39, 0.29) is 22.6 Å². The Hall–Kier alpha value is -3.17. The summed E-state index contributed by atoms with van der Waals surface area (Å²) in [7, 11) is 0. The lowest BCUT2D eigenvalue weighted by Crippen LogP contribution is -2.55. The number of nitrogens with zero attached hydrogens (tertiary/aromatic N) is 4. The zero-order valence-corrected chi connectivity index (χ0v) is 12.7. The maximum absolute atomic E-state index is 12.2. The Labute approximate surface area is 136 Å². The molecule has 1 aromatic rings. The molecule has 3 rings (SSSR count). The van der Waals surface area contributed by atoms with E-state index in [1.54, 1.807) is 12.1 Å². The Bertz CT molecular complexity index is 714. The van der Waals surface area contributed by atoms with E-state index >= 15 is 0 Å². The summed E-state index contributed by atoms with van der Waals surface area (Å²) < 4.78 is 0. The fraction of sp³-hybridized carbons (Fsp3) is 0.357. The molecule has 0 bridgehead atoms. The molecule has 2 amide bonds. The Morgan fingerprint density at radius 1 is 1.38 bits per heavy atom. The van der Waals surface area contributed by atoms with Gasteiger partial charge in [0.15, 0.2) is 6.04 Å². The van der Waals surface area contributed by atoms with Crippen LogP contribution in [0.15, 0.2) is 29.5 Å². The van der Waals surface area contributed by atoms with Gasteiger partial charge in [0, 0.05) is 6.42 Å². The molecule has 1 unspecified atom stereocenters. The third kappa shape index (κ3) is 2.41. The van der Waals surface area contributed by atoms with Crippen molar-refractivity contribution in [3.8, 4) is 0 Å². The number of hydrogen-bond acceptors (Lipinski definition) is 6. The molecule has 10 heteroatoms. The number of carboxylic acids is 1. The van der Waals surface area contributed by atoms with Crippen LogP contribution in [0.25, 0.3) is 0 Å². The molecule has 0 radical (unpaired) electrons. The van der Waals surface area contributed by atoms with Crippen molar-refractivity contribution in [2.75, 3.05) is 6.54 Å². The maximum atomic E-state index is 12.2. The average molecular weight is 334 g/mol. The second kappa shape index (κ2) is 5.80. The first kappa shape index (κ1) is 15.7. The monoisotopic (exact) mass is 334 g/mol. The van der Waals surface area contributed by atoms with Crippen molar-refractivity contribution in [3.63, 3.8) is 0 Å². The van der Waals surface area contributed by atoms with E-state index in [1.165, 1.54) is 19.1 Å². The van der Waals surface area contributed by atoms with Gasteiger partial charge in [0.05, 0.1) is 22.6 Å². The molecule has 0 aromatic heterocycles. The summed E-state index contributed by atoms with van der Waals surface area (Å²) in [6.45, 7) is 1.62. The molecule has 1 N–H and O–H groups in total. The van der Waals surface area contributed by atoms with Crippen LogP contribution in [0.5, 0.6) is 0 Å². The van der Waals surface area contributed by atoms with Gasteiger partial charge in [0.1, 0.15) is 0 Å². The quantitative estimate of drug-likeness (QED) is 0.361. The van der Waals surface area contributed by atoms with Crippen molar-refractivity contribution in [3.05, 3.63) is 40.6 Å². The number of carbonyl (C=O) groups excluding carboxylic acids is 2. The van der Waals surface area contributed by atoms with Crippen LogP contribution in [0.4, 0.5) is 0 Å². The fourth-order valence-corrected chi connectivity index (χ4v) is 2.57. The zero-order chi connectivity index (χ0) is 17.4. The van der Waals surface area contributed by atoms with E-state index in [9.17, 15) is 19.6 Å². The summed E-state index contributed by atoms with van der Waals surface area (Å²) in [4.78, 5) is 41.2. The number of fused-ring (bicyclic) bond motifs is 1. The number of imide groups is 1. The number of hydrazine groups is 1. The van der Waals surface area contributed by atoms with Crippen LogP contribution in [-0.4, -0.2) is 56.6 Å². The summed E-state index contributed by atoms with van der Waals surface area (Å²) in [5.74, 6) is -2.21. The topological polar surface area (TPSA) is 126 Å². The van der Waals surface area contributed by atoms with Crippen LogP contribution in [-0.2, 0) is 9.63 Å². The highest BCUT2D eigenvalue weighted by Crippen LogP contribution is 2.25. The molecule has 2 aliphatic rings. The van der Waals surface area contributed by atoms with Crippen molar-refractivity contribution < 1.29 is 29.3 Å². The average Bonchev–Trinajstić information content (AvgIpc) is 2.75. The van der Waals surface area contributed by atoms with Gasteiger partial charge in [-0.15, -0.1) is 5.01 Å². The summed E-state index contributed by atoms with van der Waals surface area (Å²) in [6, 6.07) is 5.37. The normalized spacial score (nSPS) is 21.4. The minimum atomic E-state index is -1.13. The molecule has 1 fully saturated rings. The molecular weight excluding hydrogens is 320 g/mol. The first-order valence-electron chi connectivity index (χ1n) is 7.22. The zero-order valence-electron chi connectivity index (χ0n) is 12.7. The van der Waals surface area contributed by atoms with Crippen LogP contribution < -0.4 is 0 Å². The summed E-state index contributed by atoms with van der Waals surface area (Å²) in [5.41, 5.74) is 0.510. The Morgan fingerprint density at radius 2 is 1.96 bits per heavy atom. The molecule has 0 aliphatic carbocycles. The Balaban J connectivity index is 1.69. The van der Waals surface area contributed by atoms with E-state index in [1.807, 2.05) is 0 Å². The highest BCUT2D eigenvalue weighted by molar-refractivity contribution is 6.21. The van der Waals surface area contributed by atoms with Crippen molar-refractivity contribution in [2.24, 2.45) is 5.28 Å². The first-order chi connectivity index (χ1) is 11.4. The van der Waals surface area contributed by atoms with Gasteiger partial charge in [-0.25, -0.2) is 9.69 Å². The highest BCUT2D eigenvalue weighted by Gasteiger charge is 2.42. The van der Waals surface area contributed by atoms with Crippen molar-refractivity contribution in [1.82, 2.24) is 9.91 Å². The van der Waals surface area contributed by atoms with Crippen molar-refractivity contribution in [1.29, 1.82) is 0 Å². The summed E-state index contributed by atoms with van der Waals surface area (Å²) in [6.07, 6.45) is -0.782. The molecule has 1 saturated heterocycles. The van der Waals surface area contributed by atoms with Gasteiger partial charge in [-0.3, -0.25) is 9.59 Å². The third-order valence-corrected chi connectivity index (χ3v) is 3.95.